The van der Waals surface area contributed by atoms with Crippen molar-refractivity contribution in [3.05, 3.63) is 118 Å². The molecule has 4 rings (SSSR count). The van der Waals surface area contributed by atoms with Gasteiger partial charge in [-0.2, -0.15) is 31.6 Å². The molecule has 1 fully saturated rings. The summed E-state index contributed by atoms with van der Waals surface area (Å²) in [6.45, 7) is 0. The zero-order valence-electron chi connectivity index (χ0n) is 19.2. The second-order valence-electron chi connectivity index (χ2n) is 8.82. The maximum Gasteiger partial charge on any atom is 0.416 e. The lowest BCUT2D eigenvalue weighted by atomic mass is 9.66. The Hall–Kier alpha value is -4.12. The maximum atomic E-state index is 13.4. The Morgan fingerprint density at radius 3 is 1.43 bits per heavy atom. The van der Waals surface area contributed by atoms with Crippen molar-refractivity contribution >= 4 is 17.9 Å². The molecular formula is C29H19F6NO. The predicted octanol–water partition coefficient (Wildman–Crippen LogP) is 8.02. The van der Waals surface area contributed by atoms with Gasteiger partial charge in [-0.3, -0.25) is 4.79 Å². The lowest BCUT2D eigenvalue weighted by Crippen LogP contribution is -2.33. The van der Waals surface area contributed by atoms with E-state index in [1.54, 1.807) is 30.3 Å². The number of hydrogen-bond acceptors (Lipinski definition) is 2. The van der Waals surface area contributed by atoms with E-state index in [-0.39, 0.29) is 24.0 Å². The van der Waals surface area contributed by atoms with E-state index in [0.29, 0.717) is 16.7 Å². The van der Waals surface area contributed by atoms with Gasteiger partial charge >= 0.3 is 12.4 Å². The fourth-order valence-corrected chi connectivity index (χ4v) is 4.36. The Labute approximate surface area is 209 Å². The van der Waals surface area contributed by atoms with Crippen LogP contribution in [-0.4, -0.2) is 5.78 Å². The van der Waals surface area contributed by atoms with E-state index >= 15 is 0 Å². The monoisotopic (exact) mass is 511 g/mol. The van der Waals surface area contributed by atoms with E-state index in [1.807, 2.05) is 0 Å². The van der Waals surface area contributed by atoms with Crippen LogP contribution in [0.1, 0.15) is 40.7 Å². The van der Waals surface area contributed by atoms with Gasteiger partial charge < -0.3 is 0 Å². The number of alkyl halides is 6. The van der Waals surface area contributed by atoms with Crippen molar-refractivity contribution < 1.29 is 31.1 Å². The van der Waals surface area contributed by atoms with E-state index in [9.17, 15) is 36.4 Å². The molecule has 37 heavy (non-hydrogen) atoms. The molecule has 1 saturated carbocycles. The van der Waals surface area contributed by atoms with Crippen molar-refractivity contribution in [1.82, 2.24) is 0 Å². The quantitative estimate of drug-likeness (QED) is 0.264. The summed E-state index contributed by atoms with van der Waals surface area (Å²) in [6.07, 6.45) is -6.05. The number of Topliss-reactive ketones (excluding diaryl/α,β-unsaturated/α-hetero) is 1. The number of halogens is 6. The standard InChI is InChI=1S/C29H19F6NO/c30-28(31,32)24-10-6-19(7-11-24)14-21-16-27(18-36,23-4-2-1-3-5-23)17-22(26(21)37)15-20-8-12-25(13-9-20)29(33,34)35/h1-15H,16-17H2/b21-14+,22-15+. The van der Waals surface area contributed by atoms with Gasteiger partial charge in [-0.1, -0.05) is 54.6 Å². The number of carbonyl (C=O) groups is 1. The number of nitriles is 1. The van der Waals surface area contributed by atoms with Crippen LogP contribution in [0.4, 0.5) is 26.3 Å². The summed E-state index contributed by atoms with van der Waals surface area (Å²) in [5.74, 6) is -0.415. The van der Waals surface area contributed by atoms with Gasteiger partial charge in [0.2, 0.25) is 0 Å². The molecular weight excluding hydrogens is 492 g/mol. The summed E-state index contributed by atoms with van der Waals surface area (Å²) in [5, 5.41) is 10.2. The molecule has 0 aliphatic heterocycles. The summed E-state index contributed by atoms with van der Waals surface area (Å²) in [5.41, 5.74) is -1.01. The first-order chi connectivity index (χ1) is 17.4. The van der Waals surface area contributed by atoms with Gasteiger partial charge in [-0.25, -0.2) is 0 Å². The van der Waals surface area contributed by atoms with Crippen molar-refractivity contribution in [2.75, 3.05) is 0 Å². The van der Waals surface area contributed by atoms with Gasteiger partial charge in [0.05, 0.1) is 22.6 Å². The summed E-state index contributed by atoms with van der Waals surface area (Å²) in [4.78, 5) is 13.4. The normalized spacial score (nSPS) is 20.7. The zero-order valence-corrected chi connectivity index (χ0v) is 19.2. The Morgan fingerprint density at radius 1 is 0.676 bits per heavy atom. The molecule has 0 unspecified atom stereocenters. The van der Waals surface area contributed by atoms with Crippen molar-refractivity contribution in [1.29, 1.82) is 5.26 Å². The van der Waals surface area contributed by atoms with Gasteiger partial charge in [0.25, 0.3) is 0 Å². The minimum absolute atomic E-state index is 0.0255. The van der Waals surface area contributed by atoms with Crippen LogP contribution in [0.2, 0.25) is 0 Å². The summed E-state index contributed by atoms with van der Waals surface area (Å²) < 4.78 is 77.7. The number of benzene rings is 3. The van der Waals surface area contributed by atoms with Gasteiger partial charge in [0.15, 0.2) is 5.78 Å². The molecule has 0 radical (unpaired) electrons. The van der Waals surface area contributed by atoms with Crippen LogP contribution < -0.4 is 0 Å². The van der Waals surface area contributed by atoms with Gasteiger partial charge in [-0.05, 0) is 65.9 Å². The highest BCUT2D eigenvalue weighted by Gasteiger charge is 2.42. The number of rotatable bonds is 3. The molecule has 0 heterocycles. The summed E-state index contributed by atoms with van der Waals surface area (Å²) in [7, 11) is 0. The van der Waals surface area contributed by atoms with Crippen LogP contribution in [0.15, 0.2) is 90.0 Å². The Kier molecular flexibility index (Phi) is 6.83. The first-order valence-electron chi connectivity index (χ1n) is 11.2. The molecule has 0 spiro atoms. The van der Waals surface area contributed by atoms with E-state index in [4.69, 9.17) is 0 Å². The first kappa shape index (κ1) is 26.0. The van der Waals surface area contributed by atoms with Crippen molar-refractivity contribution in [2.45, 2.75) is 30.6 Å². The topological polar surface area (TPSA) is 40.9 Å². The molecule has 3 aromatic carbocycles. The number of allylic oxidation sites excluding steroid dienone is 2. The number of carbonyl (C=O) groups excluding carboxylic acids is 1. The Bertz CT molecular complexity index is 1310. The largest absolute Gasteiger partial charge is 0.416 e. The fourth-order valence-electron chi connectivity index (χ4n) is 4.36. The lowest BCUT2D eigenvalue weighted by Gasteiger charge is -2.33. The van der Waals surface area contributed by atoms with Gasteiger partial charge in [-0.15, -0.1) is 0 Å². The molecule has 2 nitrogen and oxygen atoms in total. The van der Waals surface area contributed by atoms with Crippen LogP contribution in [0.3, 0.4) is 0 Å². The van der Waals surface area contributed by atoms with E-state index < -0.39 is 34.7 Å². The molecule has 188 valence electrons. The molecule has 0 saturated heterocycles. The first-order valence-corrected chi connectivity index (χ1v) is 11.2. The zero-order chi connectivity index (χ0) is 26.8. The molecule has 0 aromatic heterocycles. The highest BCUT2D eigenvalue weighted by atomic mass is 19.4. The number of hydrogen-bond donors (Lipinski definition) is 0. The molecule has 0 N–H and O–H groups in total. The maximum absolute atomic E-state index is 13.4. The van der Waals surface area contributed by atoms with E-state index in [2.05, 4.69) is 6.07 Å². The van der Waals surface area contributed by atoms with Crippen LogP contribution in [0, 0.1) is 11.3 Å². The van der Waals surface area contributed by atoms with Gasteiger partial charge in [0, 0.05) is 11.1 Å². The molecule has 1 aliphatic carbocycles. The van der Waals surface area contributed by atoms with Crippen LogP contribution in [-0.2, 0) is 22.6 Å². The smallest absolute Gasteiger partial charge is 0.289 e. The summed E-state index contributed by atoms with van der Waals surface area (Å²) in [6, 6.07) is 19.7. The average Bonchev–Trinajstić information content (AvgIpc) is 2.86. The molecule has 1 aliphatic rings. The minimum atomic E-state index is -4.51. The minimum Gasteiger partial charge on any atom is -0.289 e. The third kappa shape index (κ3) is 5.67. The number of ketones is 1. The lowest BCUT2D eigenvalue weighted by molar-refractivity contribution is -0.138. The average molecular weight is 511 g/mol. The SMILES string of the molecule is N#CC1(c2ccccc2)C/C(=C\c2ccc(C(F)(F)F)cc2)C(=O)/C(=C/c2ccc(C(F)(F)F)cc2)C1. The molecule has 0 bridgehead atoms. The van der Waals surface area contributed by atoms with Crippen LogP contribution in [0.5, 0.6) is 0 Å². The van der Waals surface area contributed by atoms with Gasteiger partial charge in [0.1, 0.15) is 0 Å². The summed E-state index contributed by atoms with van der Waals surface area (Å²) >= 11 is 0. The second-order valence-corrected chi connectivity index (χ2v) is 8.82. The second kappa shape index (κ2) is 9.74. The third-order valence-corrected chi connectivity index (χ3v) is 6.27. The molecule has 8 heteroatoms. The van der Waals surface area contributed by atoms with Crippen molar-refractivity contribution in [3.8, 4) is 6.07 Å². The van der Waals surface area contributed by atoms with E-state index in [0.717, 1.165) is 24.3 Å². The molecule has 3 aromatic rings. The Balaban J connectivity index is 1.79. The molecule has 0 amide bonds. The van der Waals surface area contributed by atoms with Crippen LogP contribution >= 0.6 is 0 Å². The molecule has 0 atom stereocenters. The fraction of sp³-hybridized carbons (Fsp3) is 0.172. The van der Waals surface area contributed by atoms with Crippen LogP contribution in [0.25, 0.3) is 12.2 Å². The Morgan fingerprint density at radius 2 is 1.08 bits per heavy atom. The highest BCUT2D eigenvalue weighted by molar-refractivity contribution is 6.14. The highest BCUT2D eigenvalue weighted by Crippen LogP contribution is 2.43. The number of nitrogens with zero attached hydrogens (tertiary/aromatic N) is 1. The van der Waals surface area contributed by atoms with Crippen molar-refractivity contribution in [3.63, 3.8) is 0 Å². The predicted molar refractivity (Wildman–Crippen MR) is 127 cm³/mol. The van der Waals surface area contributed by atoms with E-state index in [1.165, 1.54) is 36.4 Å². The van der Waals surface area contributed by atoms with Crippen molar-refractivity contribution in [2.24, 2.45) is 0 Å². The third-order valence-electron chi connectivity index (χ3n) is 6.27.